The van der Waals surface area contributed by atoms with Gasteiger partial charge in [-0.15, -0.1) is 11.3 Å². The Morgan fingerprint density at radius 1 is 1.58 bits per heavy atom. The van der Waals surface area contributed by atoms with Crippen molar-refractivity contribution in [3.05, 3.63) is 16.3 Å². The first-order valence-electron chi connectivity index (χ1n) is 6.44. The van der Waals surface area contributed by atoms with Crippen LogP contribution < -0.4 is 5.32 Å². The molecule has 1 unspecified atom stereocenters. The van der Waals surface area contributed by atoms with Gasteiger partial charge in [-0.25, -0.2) is 8.42 Å². The topological polar surface area (TPSA) is 58.6 Å². The predicted octanol–water partition coefficient (Wildman–Crippen LogP) is 1.27. The van der Waals surface area contributed by atoms with Gasteiger partial charge in [-0.1, -0.05) is 6.92 Å². The molecule has 0 aromatic carbocycles. The number of hydrogen-bond donors (Lipinski definition) is 1. The maximum atomic E-state index is 12.5. The lowest BCUT2D eigenvalue weighted by atomic mass is 10.3. The summed E-state index contributed by atoms with van der Waals surface area (Å²) in [5.74, 6) is 0. The molecule has 1 aliphatic rings. The molecule has 108 valence electrons. The summed E-state index contributed by atoms with van der Waals surface area (Å²) >= 11 is 1.48. The van der Waals surface area contributed by atoms with Crippen LogP contribution in [-0.4, -0.2) is 45.1 Å². The fraction of sp³-hybridized carbons (Fsp3) is 0.667. The Bertz CT molecular complexity index is 513. The van der Waals surface area contributed by atoms with Gasteiger partial charge in [0.05, 0.1) is 17.6 Å². The van der Waals surface area contributed by atoms with E-state index in [0.29, 0.717) is 24.6 Å². The Morgan fingerprint density at radius 3 is 3.05 bits per heavy atom. The Balaban J connectivity index is 2.12. The number of hydrogen-bond acceptors (Lipinski definition) is 5. The van der Waals surface area contributed by atoms with E-state index in [1.165, 1.54) is 15.6 Å². The van der Waals surface area contributed by atoms with Crippen LogP contribution in [0.5, 0.6) is 0 Å². The lowest BCUT2D eigenvalue weighted by Crippen LogP contribution is -2.44. The van der Waals surface area contributed by atoms with E-state index in [-0.39, 0.29) is 6.10 Å². The molecule has 2 heterocycles. The molecule has 5 nitrogen and oxygen atoms in total. The van der Waals surface area contributed by atoms with Gasteiger partial charge in [-0.3, -0.25) is 0 Å². The lowest BCUT2D eigenvalue weighted by Gasteiger charge is -2.29. The first kappa shape index (κ1) is 14.9. The van der Waals surface area contributed by atoms with Crippen LogP contribution >= 0.6 is 11.3 Å². The second-order valence-corrected chi connectivity index (χ2v) is 7.51. The number of thiophene rings is 1. The summed E-state index contributed by atoms with van der Waals surface area (Å²) in [5, 5.41) is 4.92. The van der Waals surface area contributed by atoms with E-state index in [0.717, 1.165) is 18.0 Å². The fourth-order valence-electron chi connectivity index (χ4n) is 1.99. The van der Waals surface area contributed by atoms with Gasteiger partial charge < -0.3 is 10.1 Å². The van der Waals surface area contributed by atoms with Gasteiger partial charge in [-0.05, 0) is 19.5 Å². The zero-order valence-electron chi connectivity index (χ0n) is 11.3. The third-order valence-electron chi connectivity index (χ3n) is 3.02. The van der Waals surface area contributed by atoms with Crippen molar-refractivity contribution in [1.82, 2.24) is 9.62 Å². The summed E-state index contributed by atoms with van der Waals surface area (Å²) in [6.45, 7) is 6.85. The van der Waals surface area contributed by atoms with Crippen molar-refractivity contribution in [2.24, 2.45) is 0 Å². The minimum Gasteiger partial charge on any atom is -0.376 e. The summed E-state index contributed by atoms with van der Waals surface area (Å²) in [7, 11) is -3.36. The summed E-state index contributed by atoms with van der Waals surface area (Å²) in [6.07, 6.45) is -0.0385. The van der Waals surface area contributed by atoms with Crippen molar-refractivity contribution >= 4 is 21.4 Å². The zero-order valence-corrected chi connectivity index (χ0v) is 12.9. The molecule has 0 bridgehead atoms. The molecule has 0 radical (unpaired) electrons. The molecular weight excluding hydrogens is 284 g/mol. The second kappa shape index (κ2) is 6.32. The van der Waals surface area contributed by atoms with E-state index in [1.54, 1.807) is 11.4 Å². The molecule has 1 aliphatic heterocycles. The number of morpholine rings is 1. The molecule has 2 rings (SSSR count). The van der Waals surface area contributed by atoms with E-state index in [4.69, 9.17) is 4.74 Å². The Hall–Kier alpha value is -0.470. The molecule has 19 heavy (non-hydrogen) atoms. The molecular formula is C12H20N2O3S2. The number of nitrogens with zero attached hydrogens (tertiary/aromatic N) is 1. The van der Waals surface area contributed by atoms with E-state index in [2.05, 4.69) is 5.32 Å². The predicted molar refractivity (Wildman–Crippen MR) is 75.9 cm³/mol. The van der Waals surface area contributed by atoms with Crippen molar-refractivity contribution in [3.63, 3.8) is 0 Å². The minimum atomic E-state index is -3.36. The molecule has 1 fully saturated rings. The highest BCUT2D eigenvalue weighted by molar-refractivity contribution is 7.89. The monoisotopic (exact) mass is 304 g/mol. The van der Waals surface area contributed by atoms with Crippen LogP contribution in [0.2, 0.25) is 0 Å². The summed E-state index contributed by atoms with van der Waals surface area (Å²) in [4.78, 5) is 1.45. The Morgan fingerprint density at radius 2 is 2.37 bits per heavy atom. The maximum Gasteiger partial charge on any atom is 0.244 e. The van der Waals surface area contributed by atoms with Gasteiger partial charge in [0, 0.05) is 29.9 Å². The summed E-state index contributed by atoms with van der Waals surface area (Å²) in [5.41, 5.74) is 0. The summed E-state index contributed by atoms with van der Waals surface area (Å²) < 4.78 is 31.9. The van der Waals surface area contributed by atoms with Gasteiger partial charge in [0.15, 0.2) is 0 Å². The SMILES string of the molecule is CCNCc1cc(S(=O)(=O)N2CCOC(C)C2)cs1. The molecule has 0 amide bonds. The van der Waals surface area contributed by atoms with Crippen molar-refractivity contribution in [2.45, 2.75) is 31.4 Å². The first-order valence-corrected chi connectivity index (χ1v) is 8.76. The number of sulfonamides is 1. The van der Waals surface area contributed by atoms with Crippen LogP contribution in [0.3, 0.4) is 0 Å². The average molecular weight is 304 g/mol. The standard InChI is InChI=1S/C12H20N2O3S2/c1-3-13-7-11-6-12(9-18-11)19(15,16)14-4-5-17-10(2)8-14/h6,9-10,13H,3-5,7-8H2,1-2H3. The van der Waals surface area contributed by atoms with E-state index in [1.807, 2.05) is 13.8 Å². The quantitative estimate of drug-likeness (QED) is 0.890. The highest BCUT2D eigenvalue weighted by Gasteiger charge is 2.29. The minimum absolute atomic E-state index is 0.0385. The number of nitrogens with one attached hydrogen (secondary N) is 1. The highest BCUT2D eigenvalue weighted by atomic mass is 32.2. The van der Waals surface area contributed by atoms with Crippen molar-refractivity contribution in [1.29, 1.82) is 0 Å². The van der Waals surface area contributed by atoms with Crippen LogP contribution in [0, 0.1) is 0 Å². The largest absolute Gasteiger partial charge is 0.376 e. The van der Waals surface area contributed by atoms with Gasteiger partial charge in [-0.2, -0.15) is 4.31 Å². The number of ether oxygens (including phenoxy) is 1. The Kier molecular flexibility index (Phi) is 4.97. The summed E-state index contributed by atoms with van der Waals surface area (Å²) in [6, 6.07) is 1.77. The van der Waals surface area contributed by atoms with E-state index >= 15 is 0 Å². The van der Waals surface area contributed by atoms with Crippen LogP contribution in [0.4, 0.5) is 0 Å². The van der Waals surface area contributed by atoms with Crippen LogP contribution in [0.15, 0.2) is 16.3 Å². The molecule has 1 N–H and O–H groups in total. The van der Waals surface area contributed by atoms with Crippen LogP contribution in [-0.2, 0) is 21.3 Å². The molecule has 1 aromatic rings. The van der Waals surface area contributed by atoms with Crippen molar-refractivity contribution in [3.8, 4) is 0 Å². The van der Waals surface area contributed by atoms with E-state index in [9.17, 15) is 8.42 Å². The molecule has 1 aromatic heterocycles. The zero-order chi connectivity index (χ0) is 13.9. The van der Waals surface area contributed by atoms with E-state index < -0.39 is 10.0 Å². The fourth-order valence-corrected chi connectivity index (χ4v) is 4.72. The number of rotatable bonds is 5. The van der Waals surface area contributed by atoms with Gasteiger partial charge in [0.1, 0.15) is 0 Å². The molecule has 0 saturated carbocycles. The Labute approximate surface area is 118 Å². The van der Waals surface area contributed by atoms with Crippen LogP contribution in [0.25, 0.3) is 0 Å². The van der Waals surface area contributed by atoms with Crippen LogP contribution in [0.1, 0.15) is 18.7 Å². The van der Waals surface area contributed by atoms with Gasteiger partial charge in [0.25, 0.3) is 0 Å². The molecule has 0 spiro atoms. The van der Waals surface area contributed by atoms with Gasteiger partial charge >= 0.3 is 0 Å². The highest BCUT2D eigenvalue weighted by Crippen LogP contribution is 2.24. The molecule has 1 atom stereocenters. The molecule has 0 aliphatic carbocycles. The smallest absolute Gasteiger partial charge is 0.244 e. The van der Waals surface area contributed by atoms with Gasteiger partial charge in [0.2, 0.25) is 10.0 Å². The van der Waals surface area contributed by atoms with Crippen molar-refractivity contribution < 1.29 is 13.2 Å². The maximum absolute atomic E-state index is 12.5. The molecule has 7 heteroatoms. The average Bonchev–Trinajstić information content (AvgIpc) is 2.86. The first-order chi connectivity index (χ1) is 9.04. The third kappa shape index (κ3) is 3.55. The molecule has 1 saturated heterocycles. The van der Waals surface area contributed by atoms with Crippen molar-refractivity contribution in [2.75, 3.05) is 26.2 Å². The lowest BCUT2D eigenvalue weighted by molar-refractivity contribution is 0.0102. The third-order valence-corrected chi connectivity index (χ3v) is 5.95. The normalized spacial score (nSPS) is 21.7. The second-order valence-electron chi connectivity index (χ2n) is 4.57.